The number of aromatic nitrogens is 2. The van der Waals surface area contributed by atoms with E-state index in [9.17, 15) is 4.79 Å². The van der Waals surface area contributed by atoms with Gasteiger partial charge in [-0.3, -0.25) is 4.79 Å². The highest BCUT2D eigenvalue weighted by atomic mass is 16.1. The summed E-state index contributed by atoms with van der Waals surface area (Å²) in [7, 11) is 0. The van der Waals surface area contributed by atoms with Crippen LogP contribution in [0.25, 0.3) is 0 Å². The van der Waals surface area contributed by atoms with Gasteiger partial charge in [-0.2, -0.15) is 5.10 Å². The lowest BCUT2D eigenvalue weighted by Crippen LogP contribution is -2.35. The fourth-order valence-electron chi connectivity index (χ4n) is 0.798. The third kappa shape index (κ3) is 1.95. The van der Waals surface area contributed by atoms with E-state index in [1.54, 1.807) is 5.10 Å². The van der Waals surface area contributed by atoms with Crippen molar-refractivity contribution in [3.8, 4) is 0 Å². The fourth-order valence-corrected chi connectivity index (χ4v) is 0.798. The number of nitrogens with zero attached hydrogens (tertiary/aromatic N) is 2. The predicted molar refractivity (Wildman–Crippen MR) is 55.5 cm³/mol. The van der Waals surface area contributed by atoms with Crippen LogP contribution in [0.4, 0.5) is 5.82 Å². The summed E-state index contributed by atoms with van der Waals surface area (Å²) in [5, 5.41) is 4.95. The Hall–Kier alpha value is -1.32. The second kappa shape index (κ2) is 3.82. The van der Waals surface area contributed by atoms with Crippen LogP contribution in [-0.4, -0.2) is 23.2 Å². The van der Waals surface area contributed by atoms with Crippen molar-refractivity contribution in [3.05, 3.63) is 22.4 Å². The molecular formula is C10H15N3O. The molecule has 0 bridgehead atoms. The number of hydrogen-bond donors (Lipinski definition) is 1. The largest absolute Gasteiger partial charge is 0.355 e. The third-order valence-electron chi connectivity index (χ3n) is 1.34. The van der Waals surface area contributed by atoms with Crippen LogP contribution in [0.5, 0.6) is 0 Å². The summed E-state index contributed by atoms with van der Waals surface area (Å²) in [5.74, 6) is -5.05. The van der Waals surface area contributed by atoms with Crippen LogP contribution < -0.4 is 10.5 Å². The van der Waals surface area contributed by atoms with Crippen LogP contribution in [0.1, 0.15) is 38.8 Å². The van der Waals surface area contributed by atoms with Crippen molar-refractivity contribution >= 4 is 5.82 Å². The molecule has 0 radical (unpaired) electrons. The molecule has 0 aliphatic carbocycles. The van der Waals surface area contributed by atoms with Crippen molar-refractivity contribution in [2.75, 3.05) is 17.9 Å². The van der Waals surface area contributed by atoms with Crippen molar-refractivity contribution in [2.24, 2.45) is 5.89 Å². The molecular weight excluding hydrogens is 178 g/mol. The molecule has 1 aliphatic rings. The van der Waals surface area contributed by atoms with Crippen LogP contribution in [0.2, 0.25) is 0 Å². The summed E-state index contributed by atoms with van der Waals surface area (Å²) in [5.41, 5.74) is -1.20. The maximum Gasteiger partial charge on any atom is 0.264 e. The molecule has 1 aromatic heterocycles. The van der Waals surface area contributed by atoms with Crippen LogP contribution in [0, 0.1) is 5.89 Å². The second-order valence-corrected chi connectivity index (χ2v) is 2.31. The van der Waals surface area contributed by atoms with E-state index >= 15 is 0 Å². The zero-order valence-corrected chi connectivity index (χ0v) is 6.80. The SMILES string of the molecule is [2H]c1c(N2C([2H])([2H])C([2H])([2H])C([2H])([2H])C([2H])(C([2H])([2H])[2H])C2([2H])[2H])n[nH]c(=O)c1[2H]. The van der Waals surface area contributed by atoms with E-state index in [1.807, 2.05) is 0 Å². The molecule has 2 heterocycles. The lowest BCUT2D eigenvalue weighted by Gasteiger charge is -2.31. The quantitative estimate of drug-likeness (QED) is 0.747. The molecule has 4 nitrogen and oxygen atoms in total. The predicted octanol–water partition coefficient (Wildman–Crippen LogP) is 1.01. The normalized spacial score (nSPS) is 57.6. The average molecular weight is 207 g/mol. The minimum Gasteiger partial charge on any atom is -0.355 e. The van der Waals surface area contributed by atoms with Gasteiger partial charge in [0.15, 0.2) is 0 Å². The molecule has 1 atom stereocenters. The van der Waals surface area contributed by atoms with Gasteiger partial charge in [0.25, 0.3) is 5.56 Å². The van der Waals surface area contributed by atoms with E-state index in [2.05, 4.69) is 5.10 Å². The Morgan fingerprint density at radius 3 is 3.71 bits per heavy atom. The van der Waals surface area contributed by atoms with E-state index in [0.29, 0.717) is 0 Å². The van der Waals surface area contributed by atoms with E-state index in [1.165, 1.54) is 0 Å². The Kier molecular flexibility index (Phi) is 0.616. The molecule has 14 heavy (non-hydrogen) atoms. The Labute approximate surface area is 103 Å². The standard InChI is InChI=1S/C10H15N3O/c1-8-3-2-6-13(7-8)9-4-5-10(14)12-11-9/h4-5,8H,2-3,6-7H2,1H3,(H,12,14)/i1D3,2D2,3D2,4D,5D,6D2,7D2,8D. The van der Waals surface area contributed by atoms with Gasteiger partial charge in [0, 0.05) is 35.5 Å². The Bertz CT molecular complexity index is 860. The Morgan fingerprint density at radius 2 is 2.86 bits per heavy atom. The number of piperidine rings is 1. The highest BCUT2D eigenvalue weighted by Crippen LogP contribution is 2.19. The van der Waals surface area contributed by atoms with Crippen molar-refractivity contribution < 1.29 is 19.2 Å². The highest BCUT2D eigenvalue weighted by molar-refractivity contribution is 5.36. The highest BCUT2D eigenvalue weighted by Gasteiger charge is 2.17. The second-order valence-electron chi connectivity index (χ2n) is 2.31. The minimum atomic E-state index is -3.89. The summed E-state index contributed by atoms with van der Waals surface area (Å²) >= 11 is 0. The molecule has 0 saturated carbocycles. The van der Waals surface area contributed by atoms with Gasteiger partial charge in [-0.15, -0.1) is 0 Å². The first-order chi connectivity index (χ1) is 12.2. The zero-order chi connectivity index (χ0) is 22.3. The van der Waals surface area contributed by atoms with E-state index in [4.69, 9.17) is 19.2 Å². The number of rotatable bonds is 1. The molecule has 0 spiro atoms. The molecule has 0 amide bonds. The first-order valence-corrected chi connectivity index (χ1v) is 3.57. The molecule has 1 N–H and O–H groups in total. The summed E-state index contributed by atoms with van der Waals surface area (Å²) < 4.78 is 110. The first kappa shape index (κ1) is 2.26. The topological polar surface area (TPSA) is 49.0 Å². The van der Waals surface area contributed by atoms with Crippen molar-refractivity contribution in [2.45, 2.75) is 19.6 Å². The number of aromatic amines is 1. The number of hydrogen-bond acceptors (Lipinski definition) is 3. The van der Waals surface area contributed by atoms with Crippen LogP contribution >= 0.6 is 0 Å². The van der Waals surface area contributed by atoms with Gasteiger partial charge < -0.3 is 4.90 Å². The monoisotopic (exact) mass is 207 g/mol. The average Bonchev–Trinajstić information content (AvgIpc) is 2.51. The molecule has 0 aromatic carbocycles. The molecule has 2 rings (SSSR count). The lowest BCUT2D eigenvalue weighted by molar-refractivity contribution is 0.443. The molecule has 1 unspecified atom stereocenters. The third-order valence-corrected chi connectivity index (χ3v) is 1.34. The van der Waals surface area contributed by atoms with E-state index in [-0.39, 0.29) is 4.90 Å². The summed E-state index contributed by atoms with van der Waals surface area (Å²) in [6, 6.07) is -2.24. The lowest BCUT2D eigenvalue weighted by atomic mass is 10.0. The maximum absolute atomic E-state index is 11.4. The first-order valence-electron chi connectivity index (χ1n) is 10.6. The van der Waals surface area contributed by atoms with Gasteiger partial charge in [0.2, 0.25) is 0 Å². The molecule has 1 fully saturated rings. The zero-order valence-electron chi connectivity index (χ0n) is 20.8. The molecule has 1 saturated heterocycles. The van der Waals surface area contributed by atoms with E-state index < -0.39 is 61.9 Å². The van der Waals surface area contributed by atoms with Gasteiger partial charge in [0.05, 0.1) is 2.74 Å². The van der Waals surface area contributed by atoms with Crippen LogP contribution in [-0.2, 0) is 0 Å². The maximum atomic E-state index is 11.4. The van der Waals surface area contributed by atoms with Crippen LogP contribution in [0.3, 0.4) is 0 Å². The summed E-state index contributed by atoms with van der Waals surface area (Å²) in [4.78, 5) is 11.1. The number of anilines is 1. The minimum absolute atomic E-state index is 0.295. The van der Waals surface area contributed by atoms with Gasteiger partial charge >= 0.3 is 0 Å². The Morgan fingerprint density at radius 1 is 1.93 bits per heavy atom. The van der Waals surface area contributed by atoms with Gasteiger partial charge in [-0.05, 0) is 24.7 Å². The van der Waals surface area contributed by atoms with E-state index in [0.717, 1.165) is 0 Å². The van der Waals surface area contributed by atoms with Crippen molar-refractivity contribution in [1.29, 1.82) is 0 Å². The van der Waals surface area contributed by atoms with Crippen molar-refractivity contribution in [3.63, 3.8) is 0 Å². The number of H-pyrrole nitrogens is 1. The smallest absolute Gasteiger partial charge is 0.264 e. The molecule has 76 valence electrons. The molecule has 1 aromatic rings. The summed E-state index contributed by atoms with van der Waals surface area (Å²) in [6.07, 6.45) is -7.68. The molecule has 4 heteroatoms. The van der Waals surface area contributed by atoms with Crippen LogP contribution in [0.15, 0.2) is 16.9 Å². The number of nitrogens with one attached hydrogen (secondary N) is 1. The Balaban J connectivity index is 3.02. The molecule has 1 aliphatic heterocycles. The van der Waals surface area contributed by atoms with Gasteiger partial charge in [0.1, 0.15) is 5.82 Å². The van der Waals surface area contributed by atoms with Gasteiger partial charge in [-0.1, -0.05) is 6.85 Å². The van der Waals surface area contributed by atoms with Crippen molar-refractivity contribution in [1.82, 2.24) is 10.2 Å². The van der Waals surface area contributed by atoms with Gasteiger partial charge in [-0.25, -0.2) is 5.10 Å². The fraction of sp³-hybridized carbons (Fsp3) is 0.600. The summed E-state index contributed by atoms with van der Waals surface area (Å²) in [6.45, 7) is -11.3.